The lowest BCUT2D eigenvalue weighted by molar-refractivity contribution is -0.00502. The smallest absolute Gasteiger partial charge is 0.0577 e. The molecule has 2 heteroatoms. The van der Waals surface area contributed by atoms with Gasteiger partial charge < -0.3 is 9.84 Å². The summed E-state index contributed by atoms with van der Waals surface area (Å²) in [6.07, 6.45) is 6.73. The summed E-state index contributed by atoms with van der Waals surface area (Å²) in [6, 6.07) is 0. The van der Waals surface area contributed by atoms with Gasteiger partial charge in [-0.05, 0) is 44.4 Å². The summed E-state index contributed by atoms with van der Waals surface area (Å²) >= 11 is 0. The van der Waals surface area contributed by atoms with Gasteiger partial charge in [-0.15, -0.1) is 0 Å². The molecule has 1 aliphatic carbocycles. The second-order valence-corrected chi connectivity index (χ2v) is 4.84. The molecule has 0 aromatic rings. The Morgan fingerprint density at radius 2 is 1.86 bits per heavy atom. The van der Waals surface area contributed by atoms with Crippen LogP contribution in [0.2, 0.25) is 0 Å². The van der Waals surface area contributed by atoms with Crippen molar-refractivity contribution in [3.63, 3.8) is 0 Å². The number of ether oxygens (including phenoxy) is 1. The Bertz CT molecular complexity index is 137. The van der Waals surface area contributed by atoms with E-state index in [4.69, 9.17) is 4.74 Å². The largest absolute Gasteiger partial charge is 0.393 e. The van der Waals surface area contributed by atoms with Crippen molar-refractivity contribution in [1.29, 1.82) is 0 Å². The lowest BCUT2D eigenvalue weighted by atomic mass is 9.95. The Hall–Kier alpha value is -0.0800. The number of rotatable bonds is 5. The SMILES string of the molecule is CC(C)CCCOC1CCC(O)CC1. The lowest BCUT2D eigenvalue weighted by Crippen LogP contribution is -2.24. The van der Waals surface area contributed by atoms with Crippen LogP contribution in [0.3, 0.4) is 0 Å². The Kier molecular flexibility index (Phi) is 5.49. The zero-order valence-electron chi connectivity index (χ0n) is 9.54. The molecule has 1 rings (SSSR count). The van der Waals surface area contributed by atoms with Gasteiger partial charge >= 0.3 is 0 Å². The molecule has 0 aromatic carbocycles. The molecular formula is C12H24O2. The van der Waals surface area contributed by atoms with Gasteiger partial charge in [-0.2, -0.15) is 0 Å². The average Bonchev–Trinajstić information content (AvgIpc) is 2.15. The summed E-state index contributed by atoms with van der Waals surface area (Å²) in [5.41, 5.74) is 0. The van der Waals surface area contributed by atoms with E-state index < -0.39 is 0 Å². The maximum absolute atomic E-state index is 9.32. The van der Waals surface area contributed by atoms with Crippen LogP contribution < -0.4 is 0 Å². The molecule has 1 aliphatic rings. The minimum absolute atomic E-state index is 0.0643. The Balaban J connectivity index is 1.96. The van der Waals surface area contributed by atoms with Gasteiger partial charge in [0.05, 0.1) is 12.2 Å². The number of aliphatic hydroxyl groups excluding tert-OH is 1. The molecule has 0 unspecified atom stereocenters. The fourth-order valence-electron chi connectivity index (χ4n) is 1.95. The van der Waals surface area contributed by atoms with Crippen LogP contribution in [0.25, 0.3) is 0 Å². The van der Waals surface area contributed by atoms with E-state index in [-0.39, 0.29) is 6.10 Å². The van der Waals surface area contributed by atoms with E-state index in [0.717, 1.165) is 38.2 Å². The van der Waals surface area contributed by atoms with Gasteiger partial charge in [0.25, 0.3) is 0 Å². The normalized spacial score (nSPS) is 28.3. The highest BCUT2D eigenvalue weighted by Crippen LogP contribution is 2.21. The Morgan fingerprint density at radius 1 is 1.21 bits per heavy atom. The number of hydrogen-bond donors (Lipinski definition) is 1. The van der Waals surface area contributed by atoms with Crippen LogP contribution in [-0.4, -0.2) is 23.9 Å². The molecule has 0 aromatic heterocycles. The van der Waals surface area contributed by atoms with Crippen molar-refractivity contribution in [2.24, 2.45) is 5.92 Å². The predicted molar refractivity (Wildman–Crippen MR) is 58.3 cm³/mol. The molecule has 0 radical (unpaired) electrons. The maximum atomic E-state index is 9.32. The van der Waals surface area contributed by atoms with Crippen molar-refractivity contribution in [3.8, 4) is 0 Å². The fraction of sp³-hybridized carbons (Fsp3) is 1.00. The van der Waals surface area contributed by atoms with Crippen LogP contribution >= 0.6 is 0 Å². The molecule has 84 valence electrons. The molecule has 0 heterocycles. The second-order valence-electron chi connectivity index (χ2n) is 4.84. The van der Waals surface area contributed by atoms with Gasteiger partial charge in [0.1, 0.15) is 0 Å². The first-order chi connectivity index (χ1) is 6.68. The molecule has 1 saturated carbocycles. The van der Waals surface area contributed by atoms with Crippen LogP contribution in [0.15, 0.2) is 0 Å². The summed E-state index contributed by atoms with van der Waals surface area (Å²) in [5, 5.41) is 9.32. The highest BCUT2D eigenvalue weighted by atomic mass is 16.5. The Morgan fingerprint density at radius 3 is 2.43 bits per heavy atom. The molecule has 1 N–H and O–H groups in total. The summed E-state index contributed by atoms with van der Waals surface area (Å²) < 4.78 is 5.77. The van der Waals surface area contributed by atoms with E-state index in [9.17, 15) is 5.11 Å². The topological polar surface area (TPSA) is 29.5 Å². The lowest BCUT2D eigenvalue weighted by Gasteiger charge is -2.25. The van der Waals surface area contributed by atoms with Crippen molar-refractivity contribution in [2.45, 2.75) is 64.6 Å². The molecule has 0 saturated heterocycles. The standard InChI is InChI=1S/C12H24O2/c1-10(2)4-3-9-14-12-7-5-11(13)6-8-12/h10-13H,3-9H2,1-2H3. The zero-order chi connectivity index (χ0) is 10.4. The summed E-state index contributed by atoms with van der Waals surface area (Å²) in [4.78, 5) is 0. The second kappa shape index (κ2) is 6.41. The fourth-order valence-corrected chi connectivity index (χ4v) is 1.95. The number of aliphatic hydroxyl groups is 1. The Labute approximate surface area is 87.7 Å². The zero-order valence-corrected chi connectivity index (χ0v) is 9.54. The summed E-state index contributed by atoms with van der Waals surface area (Å²) in [6.45, 7) is 5.40. The highest BCUT2D eigenvalue weighted by Gasteiger charge is 2.19. The summed E-state index contributed by atoms with van der Waals surface area (Å²) in [7, 11) is 0. The predicted octanol–water partition coefficient (Wildman–Crippen LogP) is 2.74. The maximum Gasteiger partial charge on any atom is 0.0577 e. The van der Waals surface area contributed by atoms with Crippen LogP contribution in [-0.2, 0) is 4.74 Å². The summed E-state index contributed by atoms with van der Waals surface area (Å²) in [5.74, 6) is 0.784. The molecule has 0 spiro atoms. The van der Waals surface area contributed by atoms with Crippen molar-refractivity contribution in [1.82, 2.24) is 0 Å². The minimum Gasteiger partial charge on any atom is -0.393 e. The monoisotopic (exact) mass is 200 g/mol. The van der Waals surface area contributed by atoms with E-state index in [1.54, 1.807) is 0 Å². The third-order valence-corrected chi connectivity index (χ3v) is 2.92. The van der Waals surface area contributed by atoms with Gasteiger partial charge in [0, 0.05) is 6.61 Å². The third-order valence-electron chi connectivity index (χ3n) is 2.92. The molecule has 0 amide bonds. The van der Waals surface area contributed by atoms with Crippen molar-refractivity contribution >= 4 is 0 Å². The number of hydrogen-bond acceptors (Lipinski definition) is 2. The molecule has 2 nitrogen and oxygen atoms in total. The van der Waals surface area contributed by atoms with Crippen molar-refractivity contribution < 1.29 is 9.84 Å². The van der Waals surface area contributed by atoms with E-state index >= 15 is 0 Å². The molecule has 0 aliphatic heterocycles. The van der Waals surface area contributed by atoms with Crippen molar-refractivity contribution in [3.05, 3.63) is 0 Å². The molecule has 0 bridgehead atoms. The molecule has 14 heavy (non-hydrogen) atoms. The van der Waals surface area contributed by atoms with Crippen LogP contribution in [0.1, 0.15) is 52.4 Å². The first-order valence-electron chi connectivity index (χ1n) is 5.98. The molecular weight excluding hydrogens is 176 g/mol. The van der Waals surface area contributed by atoms with Gasteiger partial charge in [0.2, 0.25) is 0 Å². The average molecular weight is 200 g/mol. The molecule has 1 fully saturated rings. The van der Waals surface area contributed by atoms with Crippen molar-refractivity contribution in [2.75, 3.05) is 6.61 Å². The first kappa shape index (κ1) is 12.0. The quantitative estimate of drug-likeness (QED) is 0.691. The van der Waals surface area contributed by atoms with Crippen LogP contribution in [0.4, 0.5) is 0 Å². The minimum atomic E-state index is -0.0643. The van der Waals surface area contributed by atoms with Crippen LogP contribution in [0.5, 0.6) is 0 Å². The van der Waals surface area contributed by atoms with Gasteiger partial charge in [-0.1, -0.05) is 13.8 Å². The van der Waals surface area contributed by atoms with E-state index in [1.807, 2.05) is 0 Å². The molecule has 0 atom stereocenters. The van der Waals surface area contributed by atoms with E-state index in [2.05, 4.69) is 13.8 Å². The van der Waals surface area contributed by atoms with E-state index in [0.29, 0.717) is 6.10 Å². The first-order valence-corrected chi connectivity index (χ1v) is 5.98. The van der Waals surface area contributed by atoms with Crippen LogP contribution in [0, 0.1) is 5.92 Å². The van der Waals surface area contributed by atoms with Gasteiger partial charge in [0.15, 0.2) is 0 Å². The van der Waals surface area contributed by atoms with Gasteiger partial charge in [-0.3, -0.25) is 0 Å². The van der Waals surface area contributed by atoms with Gasteiger partial charge in [-0.25, -0.2) is 0 Å². The highest BCUT2D eigenvalue weighted by molar-refractivity contribution is 4.71. The third kappa shape index (κ3) is 4.97. The van der Waals surface area contributed by atoms with E-state index in [1.165, 1.54) is 12.8 Å².